The number of piperidine rings is 1. The van der Waals surface area contributed by atoms with Crippen LogP contribution in [0.2, 0.25) is 0 Å². The number of likely N-dealkylation sites (tertiary alicyclic amines) is 1. The highest BCUT2D eigenvalue weighted by molar-refractivity contribution is 5.22. The van der Waals surface area contributed by atoms with Crippen LogP contribution in [0.25, 0.3) is 0 Å². The molecule has 0 unspecified atom stereocenters. The lowest BCUT2D eigenvalue weighted by Crippen LogP contribution is -2.40. The van der Waals surface area contributed by atoms with Crippen LogP contribution in [-0.2, 0) is 4.74 Å². The van der Waals surface area contributed by atoms with E-state index in [1.807, 2.05) is 0 Å². The molecule has 1 aliphatic heterocycles. The van der Waals surface area contributed by atoms with Gasteiger partial charge in [-0.3, -0.25) is 4.90 Å². The predicted molar refractivity (Wildman–Crippen MR) is 89.3 cm³/mol. The average molecular weight is 321 g/mol. The van der Waals surface area contributed by atoms with E-state index in [0.717, 1.165) is 32.5 Å². The molecule has 4 heteroatoms. The molecule has 0 aromatic heterocycles. The molecular weight excluding hydrogens is 293 g/mol. The highest BCUT2D eigenvalue weighted by Gasteiger charge is 2.23. The molecule has 3 nitrogen and oxygen atoms in total. The van der Waals surface area contributed by atoms with Gasteiger partial charge in [0.2, 0.25) is 0 Å². The third-order valence-corrected chi connectivity index (χ3v) is 4.94. The zero-order valence-corrected chi connectivity index (χ0v) is 13.9. The van der Waals surface area contributed by atoms with Gasteiger partial charge in [-0.25, -0.2) is 4.39 Å². The highest BCUT2D eigenvalue weighted by Crippen LogP contribution is 2.24. The van der Waals surface area contributed by atoms with E-state index in [1.165, 1.54) is 44.2 Å². The lowest BCUT2D eigenvalue weighted by molar-refractivity contribution is -0.0564. The van der Waals surface area contributed by atoms with Gasteiger partial charge in [-0.2, -0.15) is 0 Å². The lowest BCUT2D eigenvalue weighted by Gasteiger charge is -2.34. The summed E-state index contributed by atoms with van der Waals surface area (Å²) in [7, 11) is 0. The van der Waals surface area contributed by atoms with E-state index in [0.29, 0.717) is 24.6 Å². The molecule has 1 aromatic carbocycles. The maximum Gasteiger partial charge on any atom is 0.126 e. The molecule has 1 heterocycles. The molecule has 0 spiro atoms. The Morgan fingerprint density at radius 3 is 2.48 bits per heavy atom. The fourth-order valence-electron chi connectivity index (χ4n) is 3.59. The van der Waals surface area contributed by atoms with Gasteiger partial charge in [0, 0.05) is 25.7 Å². The first-order valence-electron chi connectivity index (χ1n) is 9.06. The number of nitrogens with zero attached hydrogens (tertiary/aromatic N) is 1. The molecule has 1 saturated heterocycles. The van der Waals surface area contributed by atoms with Crippen molar-refractivity contribution in [2.75, 3.05) is 26.2 Å². The number of benzene rings is 1. The first-order valence-corrected chi connectivity index (χ1v) is 9.06. The van der Waals surface area contributed by atoms with Crippen LogP contribution in [0.5, 0.6) is 5.75 Å². The molecule has 2 aliphatic rings. The second kappa shape index (κ2) is 8.65. The Kier molecular flexibility index (Phi) is 6.29. The fourth-order valence-corrected chi connectivity index (χ4v) is 3.59. The number of hydrogen-bond donors (Lipinski definition) is 0. The second-order valence-corrected chi connectivity index (χ2v) is 6.74. The van der Waals surface area contributed by atoms with Crippen LogP contribution >= 0.6 is 0 Å². The summed E-state index contributed by atoms with van der Waals surface area (Å²) in [6, 6.07) is 6.35. The molecule has 1 aliphatic carbocycles. The predicted octanol–water partition coefficient (Wildman–Crippen LogP) is 4.02. The summed E-state index contributed by atoms with van der Waals surface area (Å²) >= 11 is 0. The molecule has 3 rings (SSSR count). The van der Waals surface area contributed by atoms with Gasteiger partial charge in [0.15, 0.2) is 0 Å². The minimum atomic E-state index is -0.247. The van der Waals surface area contributed by atoms with Crippen molar-refractivity contribution in [3.63, 3.8) is 0 Å². The van der Waals surface area contributed by atoms with E-state index in [4.69, 9.17) is 9.47 Å². The van der Waals surface area contributed by atoms with E-state index >= 15 is 0 Å². The molecule has 1 saturated carbocycles. The van der Waals surface area contributed by atoms with Gasteiger partial charge in [0.1, 0.15) is 18.2 Å². The Bertz CT molecular complexity index is 468. The largest absolute Gasteiger partial charge is 0.492 e. The minimum absolute atomic E-state index is 0.247. The van der Waals surface area contributed by atoms with Crippen molar-refractivity contribution in [3.05, 3.63) is 30.1 Å². The summed E-state index contributed by atoms with van der Waals surface area (Å²) in [5, 5.41) is 0. The number of ether oxygens (including phenoxy) is 2. The number of hydrogen-bond acceptors (Lipinski definition) is 3. The Balaban J connectivity index is 1.31. The van der Waals surface area contributed by atoms with E-state index in [9.17, 15) is 4.39 Å². The van der Waals surface area contributed by atoms with Gasteiger partial charge in [0.05, 0.1) is 12.2 Å². The van der Waals surface area contributed by atoms with E-state index in [-0.39, 0.29) is 5.82 Å². The fraction of sp³-hybridized carbons (Fsp3) is 0.684. The Morgan fingerprint density at radius 2 is 1.74 bits per heavy atom. The number of rotatable bonds is 6. The Hall–Kier alpha value is -1.13. The molecule has 0 amide bonds. The first kappa shape index (κ1) is 16.7. The summed E-state index contributed by atoms with van der Waals surface area (Å²) in [6.07, 6.45) is 9.75. The average Bonchev–Trinajstić information content (AvgIpc) is 2.58. The van der Waals surface area contributed by atoms with E-state index in [2.05, 4.69) is 4.90 Å². The van der Waals surface area contributed by atoms with Crippen LogP contribution in [0.1, 0.15) is 44.9 Å². The van der Waals surface area contributed by atoms with Gasteiger partial charge < -0.3 is 9.47 Å². The Morgan fingerprint density at radius 1 is 1.00 bits per heavy atom. The van der Waals surface area contributed by atoms with Crippen LogP contribution < -0.4 is 4.74 Å². The monoisotopic (exact) mass is 321 g/mol. The maximum atomic E-state index is 13.1. The summed E-state index contributed by atoms with van der Waals surface area (Å²) < 4.78 is 25.0. The van der Waals surface area contributed by atoms with Crippen LogP contribution in [0.4, 0.5) is 4.39 Å². The van der Waals surface area contributed by atoms with Gasteiger partial charge in [-0.05, 0) is 37.8 Å². The van der Waals surface area contributed by atoms with Crippen molar-refractivity contribution in [2.45, 2.75) is 57.2 Å². The van der Waals surface area contributed by atoms with Gasteiger partial charge in [-0.1, -0.05) is 25.3 Å². The number of halogens is 1. The highest BCUT2D eigenvalue weighted by atomic mass is 19.1. The summed E-state index contributed by atoms with van der Waals surface area (Å²) in [4.78, 5) is 2.42. The van der Waals surface area contributed by atoms with Crippen LogP contribution in [0.15, 0.2) is 24.3 Å². The topological polar surface area (TPSA) is 21.7 Å². The molecule has 2 fully saturated rings. The van der Waals surface area contributed by atoms with Crippen molar-refractivity contribution in [2.24, 2.45) is 0 Å². The van der Waals surface area contributed by atoms with E-state index < -0.39 is 0 Å². The third-order valence-electron chi connectivity index (χ3n) is 4.94. The van der Waals surface area contributed by atoms with Gasteiger partial charge >= 0.3 is 0 Å². The normalized spacial score (nSPS) is 21.4. The third kappa shape index (κ3) is 5.47. The van der Waals surface area contributed by atoms with Crippen molar-refractivity contribution in [1.82, 2.24) is 4.90 Å². The molecule has 23 heavy (non-hydrogen) atoms. The maximum absolute atomic E-state index is 13.1. The van der Waals surface area contributed by atoms with Crippen molar-refractivity contribution in [1.29, 1.82) is 0 Å². The smallest absolute Gasteiger partial charge is 0.126 e. The SMILES string of the molecule is Fc1cccc(OCCN2CCC(OC3CCCCC3)CC2)c1. The van der Waals surface area contributed by atoms with Crippen molar-refractivity contribution in [3.8, 4) is 5.75 Å². The van der Waals surface area contributed by atoms with Crippen molar-refractivity contribution >= 4 is 0 Å². The lowest BCUT2D eigenvalue weighted by atomic mass is 9.97. The quantitative estimate of drug-likeness (QED) is 0.790. The molecular formula is C19H28FNO2. The van der Waals surface area contributed by atoms with Crippen LogP contribution in [0, 0.1) is 5.82 Å². The van der Waals surface area contributed by atoms with Crippen LogP contribution in [0.3, 0.4) is 0 Å². The summed E-state index contributed by atoms with van der Waals surface area (Å²) in [6.45, 7) is 3.65. The van der Waals surface area contributed by atoms with Gasteiger partial charge in [0.25, 0.3) is 0 Å². The molecule has 1 aromatic rings. The summed E-state index contributed by atoms with van der Waals surface area (Å²) in [5.74, 6) is 0.365. The van der Waals surface area contributed by atoms with Crippen molar-refractivity contribution < 1.29 is 13.9 Å². The summed E-state index contributed by atoms with van der Waals surface area (Å²) in [5.41, 5.74) is 0. The van der Waals surface area contributed by atoms with E-state index in [1.54, 1.807) is 12.1 Å². The molecule has 0 N–H and O–H groups in total. The van der Waals surface area contributed by atoms with Gasteiger partial charge in [-0.15, -0.1) is 0 Å². The minimum Gasteiger partial charge on any atom is -0.492 e. The molecule has 0 bridgehead atoms. The molecule has 128 valence electrons. The Labute approximate surface area is 138 Å². The molecule has 0 atom stereocenters. The zero-order chi connectivity index (χ0) is 15.9. The van der Waals surface area contributed by atoms with Crippen LogP contribution in [-0.4, -0.2) is 43.3 Å². The first-order chi connectivity index (χ1) is 11.3. The zero-order valence-electron chi connectivity index (χ0n) is 13.9. The second-order valence-electron chi connectivity index (χ2n) is 6.74. The standard InChI is InChI=1S/C19H28FNO2/c20-16-5-4-8-19(15-16)22-14-13-21-11-9-18(10-12-21)23-17-6-2-1-3-7-17/h4-5,8,15,17-18H,1-3,6-7,9-14H2. The molecule has 0 radical (unpaired) electrons.